The molecule has 0 radical (unpaired) electrons. The van der Waals surface area contributed by atoms with E-state index in [0.717, 1.165) is 11.3 Å². The number of nitrogens with zero attached hydrogens (tertiary/aromatic N) is 1. The summed E-state index contributed by atoms with van der Waals surface area (Å²) in [6, 6.07) is 11.0. The molecule has 0 atom stereocenters. The molecule has 9 heteroatoms. The summed E-state index contributed by atoms with van der Waals surface area (Å²) in [4.78, 5) is 40.0. The minimum Gasteiger partial charge on any atom is -0.486 e. The molecule has 0 unspecified atom stereocenters. The first-order valence-electron chi connectivity index (χ1n) is 11.8. The predicted octanol–water partition coefficient (Wildman–Crippen LogP) is 5.87. The summed E-state index contributed by atoms with van der Waals surface area (Å²) < 4.78 is 16.7. The maximum absolute atomic E-state index is 12.9. The number of anilines is 1. The number of nitrogens with one attached hydrogen (secondary N) is 1. The molecule has 2 aromatic heterocycles. The van der Waals surface area contributed by atoms with Gasteiger partial charge in [0.1, 0.15) is 23.1 Å². The molecule has 1 N–H and O–H groups in total. The van der Waals surface area contributed by atoms with Crippen molar-refractivity contribution in [2.75, 3.05) is 26.0 Å². The Balaban J connectivity index is 1.74. The second-order valence-electron chi connectivity index (χ2n) is 8.83. The van der Waals surface area contributed by atoms with Crippen molar-refractivity contribution < 1.29 is 28.3 Å². The fourth-order valence-corrected chi connectivity index (χ4v) is 4.58. The number of esters is 1. The quantitative estimate of drug-likeness (QED) is 0.341. The number of thiophene rings is 1. The Morgan fingerprint density at radius 2 is 1.78 bits per heavy atom. The zero-order valence-corrected chi connectivity index (χ0v) is 22.3. The number of rotatable bonds is 10. The molecule has 0 spiro atoms. The first-order chi connectivity index (χ1) is 17.1. The van der Waals surface area contributed by atoms with Gasteiger partial charge in [-0.3, -0.25) is 9.59 Å². The van der Waals surface area contributed by atoms with E-state index >= 15 is 0 Å². The zero-order chi connectivity index (χ0) is 26.4. The van der Waals surface area contributed by atoms with Crippen molar-refractivity contribution in [1.29, 1.82) is 0 Å². The van der Waals surface area contributed by atoms with Crippen LogP contribution in [0.25, 0.3) is 0 Å². The molecule has 2 amide bonds. The van der Waals surface area contributed by atoms with Crippen LogP contribution in [0.1, 0.15) is 80.6 Å². The van der Waals surface area contributed by atoms with Crippen molar-refractivity contribution in [3.63, 3.8) is 0 Å². The highest BCUT2D eigenvalue weighted by Gasteiger charge is 2.28. The molecule has 192 valence electrons. The van der Waals surface area contributed by atoms with Gasteiger partial charge in [-0.1, -0.05) is 32.9 Å². The normalized spacial score (nSPS) is 10.9. The minimum atomic E-state index is -0.587. The van der Waals surface area contributed by atoms with Crippen molar-refractivity contribution in [2.45, 2.75) is 46.6 Å². The van der Waals surface area contributed by atoms with Crippen molar-refractivity contribution in [3.8, 4) is 5.75 Å². The summed E-state index contributed by atoms with van der Waals surface area (Å²) in [5.41, 5.74) is 1.86. The van der Waals surface area contributed by atoms with Crippen LogP contribution in [0.15, 0.2) is 40.8 Å². The van der Waals surface area contributed by atoms with Gasteiger partial charge in [-0.2, -0.15) is 0 Å². The van der Waals surface area contributed by atoms with Crippen LogP contribution in [0.2, 0.25) is 0 Å². The number of amides is 2. The number of hydrogen-bond acceptors (Lipinski definition) is 7. The van der Waals surface area contributed by atoms with Crippen molar-refractivity contribution in [2.24, 2.45) is 0 Å². The highest BCUT2D eigenvalue weighted by Crippen LogP contribution is 2.35. The molecule has 0 bridgehead atoms. The molecular weight excluding hydrogens is 480 g/mol. The molecular formula is C27H32N2O6S. The topological polar surface area (TPSA) is 98.1 Å². The Morgan fingerprint density at radius 1 is 1.08 bits per heavy atom. The van der Waals surface area contributed by atoms with E-state index in [2.05, 4.69) is 19.2 Å². The van der Waals surface area contributed by atoms with Gasteiger partial charge < -0.3 is 24.1 Å². The van der Waals surface area contributed by atoms with Gasteiger partial charge in [-0.15, -0.1) is 11.3 Å². The molecule has 0 aliphatic heterocycles. The van der Waals surface area contributed by atoms with Gasteiger partial charge in [-0.05, 0) is 54.7 Å². The SMILES string of the molecule is CCCOC(=O)c1c(NC(=O)c2ccc(COc3ccc(C(C)C)cc3)o2)sc(C(=O)N(C)C)c1C. The van der Waals surface area contributed by atoms with Crippen LogP contribution in [-0.2, 0) is 11.3 Å². The first kappa shape index (κ1) is 27.0. The van der Waals surface area contributed by atoms with E-state index in [1.807, 2.05) is 31.2 Å². The molecule has 3 aromatic rings. The third kappa shape index (κ3) is 6.34. The lowest BCUT2D eigenvalue weighted by Gasteiger charge is -2.09. The second-order valence-corrected chi connectivity index (χ2v) is 9.85. The van der Waals surface area contributed by atoms with Gasteiger partial charge in [0, 0.05) is 14.1 Å². The highest BCUT2D eigenvalue weighted by molar-refractivity contribution is 7.18. The lowest BCUT2D eigenvalue weighted by Crippen LogP contribution is -2.21. The van der Waals surface area contributed by atoms with Gasteiger partial charge in [0.25, 0.3) is 11.8 Å². The van der Waals surface area contributed by atoms with E-state index in [0.29, 0.717) is 34.3 Å². The van der Waals surface area contributed by atoms with Crippen LogP contribution in [0.4, 0.5) is 5.00 Å². The lowest BCUT2D eigenvalue weighted by molar-refractivity contribution is 0.0506. The molecule has 0 saturated heterocycles. The molecule has 0 aliphatic carbocycles. The van der Waals surface area contributed by atoms with Crippen LogP contribution in [0.5, 0.6) is 5.75 Å². The number of furan rings is 1. The zero-order valence-electron chi connectivity index (χ0n) is 21.5. The molecule has 0 fully saturated rings. The summed E-state index contributed by atoms with van der Waals surface area (Å²) in [7, 11) is 3.25. The van der Waals surface area contributed by atoms with E-state index < -0.39 is 11.9 Å². The molecule has 1 aromatic carbocycles. The van der Waals surface area contributed by atoms with Crippen LogP contribution in [-0.4, -0.2) is 43.4 Å². The maximum Gasteiger partial charge on any atom is 0.341 e. The van der Waals surface area contributed by atoms with E-state index in [-0.39, 0.29) is 35.4 Å². The van der Waals surface area contributed by atoms with E-state index in [9.17, 15) is 14.4 Å². The van der Waals surface area contributed by atoms with Gasteiger partial charge in [-0.25, -0.2) is 4.79 Å². The maximum atomic E-state index is 12.9. The summed E-state index contributed by atoms with van der Waals surface area (Å²) >= 11 is 1.03. The largest absolute Gasteiger partial charge is 0.486 e. The third-order valence-corrected chi connectivity index (χ3v) is 6.62. The average Bonchev–Trinajstić information content (AvgIpc) is 3.45. The number of hydrogen-bond donors (Lipinski definition) is 1. The number of benzene rings is 1. The van der Waals surface area contributed by atoms with Crippen molar-refractivity contribution in [3.05, 3.63) is 69.5 Å². The number of carbonyl (C=O) groups excluding carboxylic acids is 3. The standard InChI is InChI=1S/C27H32N2O6S/c1-7-14-33-27(32)22-17(4)23(26(31)29(5)6)36-25(22)28-24(30)21-13-12-20(35-21)15-34-19-10-8-18(9-11-19)16(2)3/h8-13,16H,7,14-15H2,1-6H3,(H,28,30). The monoisotopic (exact) mass is 512 g/mol. The van der Waals surface area contributed by atoms with Crippen LogP contribution >= 0.6 is 11.3 Å². The highest BCUT2D eigenvalue weighted by atomic mass is 32.1. The van der Waals surface area contributed by atoms with Crippen molar-refractivity contribution >= 4 is 34.1 Å². The molecule has 0 aliphatic rings. The van der Waals surface area contributed by atoms with Crippen LogP contribution in [0.3, 0.4) is 0 Å². The predicted molar refractivity (Wildman–Crippen MR) is 139 cm³/mol. The summed E-state index contributed by atoms with van der Waals surface area (Å²) in [6.07, 6.45) is 0.652. The smallest absolute Gasteiger partial charge is 0.341 e. The molecule has 3 rings (SSSR count). The minimum absolute atomic E-state index is 0.0585. The van der Waals surface area contributed by atoms with E-state index in [4.69, 9.17) is 13.9 Å². The Morgan fingerprint density at radius 3 is 2.39 bits per heavy atom. The van der Waals surface area contributed by atoms with Crippen LogP contribution in [0, 0.1) is 6.92 Å². The Labute approximate surface area is 215 Å². The second kappa shape index (κ2) is 11.9. The van der Waals surface area contributed by atoms with Gasteiger partial charge in [0.05, 0.1) is 17.0 Å². The van der Waals surface area contributed by atoms with Gasteiger partial charge in [0.15, 0.2) is 5.76 Å². The number of carbonyl (C=O) groups is 3. The summed E-state index contributed by atoms with van der Waals surface area (Å²) in [5.74, 6) is 0.270. The molecule has 36 heavy (non-hydrogen) atoms. The Hall–Kier alpha value is -3.59. The molecule has 0 saturated carbocycles. The Kier molecular flexibility index (Phi) is 8.93. The lowest BCUT2D eigenvalue weighted by atomic mass is 10.0. The summed E-state index contributed by atoms with van der Waals surface area (Å²) in [5, 5.41) is 2.96. The van der Waals surface area contributed by atoms with Gasteiger partial charge >= 0.3 is 5.97 Å². The fourth-order valence-electron chi connectivity index (χ4n) is 3.37. The molecule has 8 nitrogen and oxygen atoms in total. The fraction of sp³-hybridized carbons (Fsp3) is 0.370. The van der Waals surface area contributed by atoms with E-state index in [1.54, 1.807) is 27.1 Å². The average molecular weight is 513 g/mol. The third-order valence-electron chi connectivity index (χ3n) is 5.43. The van der Waals surface area contributed by atoms with Crippen LogP contribution < -0.4 is 10.1 Å². The van der Waals surface area contributed by atoms with Crippen molar-refractivity contribution in [1.82, 2.24) is 4.90 Å². The Bertz CT molecular complexity index is 1220. The number of ether oxygens (including phenoxy) is 2. The molecule has 2 heterocycles. The first-order valence-corrected chi connectivity index (χ1v) is 12.6. The van der Waals surface area contributed by atoms with E-state index in [1.165, 1.54) is 16.5 Å². The van der Waals surface area contributed by atoms with Gasteiger partial charge in [0.2, 0.25) is 0 Å². The summed E-state index contributed by atoms with van der Waals surface area (Å²) in [6.45, 7) is 8.20.